The first-order valence-electron chi connectivity index (χ1n) is 9.11. The number of nitrogens with one attached hydrogen (secondary N) is 1. The van der Waals surface area contributed by atoms with E-state index in [4.69, 9.17) is 4.74 Å². The first-order chi connectivity index (χ1) is 13.3. The molecule has 1 amide bonds. The van der Waals surface area contributed by atoms with Crippen LogP contribution < -0.4 is 5.32 Å². The van der Waals surface area contributed by atoms with E-state index in [1.807, 2.05) is 54.6 Å². The van der Waals surface area contributed by atoms with Gasteiger partial charge in [0.15, 0.2) is 0 Å². The second-order valence-electron chi connectivity index (χ2n) is 6.47. The lowest BCUT2D eigenvalue weighted by atomic mass is 9.95. The van der Waals surface area contributed by atoms with Crippen LogP contribution in [0.2, 0.25) is 0 Å². The molecule has 0 saturated heterocycles. The number of ether oxygens (including phenoxy) is 1. The van der Waals surface area contributed by atoms with Crippen molar-refractivity contribution < 1.29 is 9.53 Å². The molecule has 3 nitrogen and oxygen atoms in total. The van der Waals surface area contributed by atoms with Crippen LogP contribution >= 0.6 is 11.8 Å². The Morgan fingerprint density at radius 1 is 0.963 bits per heavy atom. The minimum Gasteiger partial charge on any atom is -0.373 e. The van der Waals surface area contributed by atoms with Gasteiger partial charge in [-0.3, -0.25) is 4.79 Å². The van der Waals surface area contributed by atoms with Gasteiger partial charge < -0.3 is 10.1 Å². The van der Waals surface area contributed by atoms with Crippen molar-refractivity contribution in [2.75, 3.05) is 11.9 Å². The maximum Gasteiger partial charge on any atom is 0.227 e. The molecule has 1 heterocycles. The Labute approximate surface area is 163 Å². The molecule has 0 radical (unpaired) electrons. The highest BCUT2D eigenvalue weighted by Gasteiger charge is 2.23. The summed E-state index contributed by atoms with van der Waals surface area (Å²) in [5, 5.41) is 3.07. The van der Waals surface area contributed by atoms with E-state index < -0.39 is 0 Å². The topological polar surface area (TPSA) is 38.3 Å². The van der Waals surface area contributed by atoms with E-state index in [0.29, 0.717) is 13.0 Å². The quantitative estimate of drug-likeness (QED) is 0.642. The van der Waals surface area contributed by atoms with Crippen molar-refractivity contribution in [3.63, 3.8) is 0 Å². The number of carbonyl (C=O) groups excluding carboxylic acids is 1. The van der Waals surface area contributed by atoms with Crippen LogP contribution in [-0.2, 0) is 16.0 Å². The molecule has 4 heteroatoms. The fourth-order valence-electron chi connectivity index (χ4n) is 3.29. The number of anilines is 1. The molecule has 4 rings (SSSR count). The highest BCUT2D eigenvalue weighted by molar-refractivity contribution is 7.99. The number of fused-ring (bicyclic) bond motifs is 1. The van der Waals surface area contributed by atoms with Crippen molar-refractivity contribution in [3.05, 3.63) is 90.0 Å². The molecule has 0 fully saturated rings. The van der Waals surface area contributed by atoms with Gasteiger partial charge >= 0.3 is 0 Å². The molecule has 3 aromatic carbocycles. The number of carbonyl (C=O) groups is 1. The van der Waals surface area contributed by atoms with E-state index in [-0.39, 0.29) is 12.0 Å². The first-order valence-corrected chi connectivity index (χ1v) is 9.92. The zero-order valence-corrected chi connectivity index (χ0v) is 15.7. The minimum atomic E-state index is -0.177. The van der Waals surface area contributed by atoms with Gasteiger partial charge in [-0.1, -0.05) is 66.4 Å². The Balaban J connectivity index is 1.46. The van der Waals surface area contributed by atoms with Crippen LogP contribution in [0.5, 0.6) is 0 Å². The first kappa shape index (κ1) is 17.8. The van der Waals surface area contributed by atoms with Gasteiger partial charge in [-0.25, -0.2) is 0 Å². The van der Waals surface area contributed by atoms with E-state index in [1.54, 1.807) is 11.8 Å². The van der Waals surface area contributed by atoms with E-state index in [2.05, 4.69) is 29.6 Å². The SMILES string of the molecule is O=C(CC1OCCc2ccccc21)Nc1ccccc1Sc1ccccc1. The molecule has 1 aliphatic rings. The molecular weight excluding hydrogens is 354 g/mol. The fourth-order valence-corrected chi connectivity index (χ4v) is 4.21. The molecule has 0 saturated carbocycles. The van der Waals surface area contributed by atoms with Gasteiger partial charge in [0.05, 0.1) is 24.8 Å². The molecule has 0 aliphatic carbocycles. The summed E-state index contributed by atoms with van der Waals surface area (Å²) in [6.45, 7) is 0.662. The van der Waals surface area contributed by atoms with Gasteiger partial charge in [0.1, 0.15) is 0 Å². The van der Waals surface area contributed by atoms with Crippen molar-refractivity contribution in [2.45, 2.75) is 28.7 Å². The molecule has 1 N–H and O–H groups in total. The van der Waals surface area contributed by atoms with Gasteiger partial charge in [-0.15, -0.1) is 0 Å². The lowest BCUT2D eigenvalue weighted by molar-refractivity contribution is -0.119. The smallest absolute Gasteiger partial charge is 0.227 e. The van der Waals surface area contributed by atoms with Crippen molar-refractivity contribution in [2.24, 2.45) is 0 Å². The van der Waals surface area contributed by atoms with Crippen LogP contribution in [0.15, 0.2) is 88.7 Å². The number of hydrogen-bond donors (Lipinski definition) is 1. The van der Waals surface area contributed by atoms with Gasteiger partial charge in [0.2, 0.25) is 5.91 Å². The maximum atomic E-state index is 12.7. The van der Waals surface area contributed by atoms with Gasteiger partial charge in [0, 0.05) is 9.79 Å². The third kappa shape index (κ3) is 4.41. The molecule has 27 heavy (non-hydrogen) atoms. The highest BCUT2D eigenvalue weighted by Crippen LogP contribution is 2.34. The molecule has 0 aromatic heterocycles. The average molecular weight is 375 g/mol. The average Bonchev–Trinajstić information content (AvgIpc) is 2.71. The van der Waals surface area contributed by atoms with Crippen LogP contribution in [0.25, 0.3) is 0 Å². The highest BCUT2D eigenvalue weighted by atomic mass is 32.2. The Hall–Kier alpha value is -2.56. The van der Waals surface area contributed by atoms with Crippen molar-refractivity contribution in [1.82, 2.24) is 0 Å². The monoisotopic (exact) mass is 375 g/mol. The van der Waals surface area contributed by atoms with Crippen molar-refractivity contribution in [1.29, 1.82) is 0 Å². The normalized spacial score (nSPS) is 15.8. The number of rotatable bonds is 5. The minimum absolute atomic E-state index is 0.0298. The summed E-state index contributed by atoms with van der Waals surface area (Å²) in [5.74, 6) is -0.0298. The summed E-state index contributed by atoms with van der Waals surface area (Å²) < 4.78 is 5.87. The Bertz CT molecular complexity index is 926. The maximum absolute atomic E-state index is 12.7. The largest absolute Gasteiger partial charge is 0.373 e. The van der Waals surface area contributed by atoms with Crippen LogP contribution in [0.3, 0.4) is 0 Å². The summed E-state index contributed by atoms with van der Waals surface area (Å²) in [4.78, 5) is 14.9. The second-order valence-corrected chi connectivity index (χ2v) is 7.59. The van der Waals surface area contributed by atoms with Crippen LogP contribution in [0.1, 0.15) is 23.7 Å². The molecule has 136 valence electrons. The summed E-state index contributed by atoms with van der Waals surface area (Å²) in [5.41, 5.74) is 3.24. The van der Waals surface area contributed by atoms with Crippen molar-refractivity contribution >= 4 is 23.4 Å². The van der Waals surface area contributed by atoms with E-state index in [0.717, 1.165) is 27.5 Å². The Morgan fingerprint density at radius 3 is 2.59 bits per heavy atom. The predicted molar refractivity (Wildman–Crippen MR) is 109 cm³/mol. The van der Waals surface area contributed by atoms with E-state index in [1.165, 1.54) is 5.56 Å². The zero-order chi connectivity index (χ0) is 18.5. The standard InChI is InChI=1S/C23H21NO2S/c25-23(16-21-19-11-5-4-8-17(19)14-15-26-21)24-20-12-6-7-13-22(20)27-18-9-2-1-3-10-18/h1-13,21H,14-16H2,(H,24,25). The van der Waals surface area contributed by atoms with Crippen LogP contribution in [-0.4, -0.2) is 12.5 Å². The number of para-hydroxylation sites is 1. The van der Waals surface area contributed by atoms with Crippen molar-refractivity contribution in [3.8, 4) is 0 Å². The van der Waals surface area contributed by atoms with E-state index in [9.17, 15) is 4.79 Å². The summed E-state index contributed by atoms with van der Waals surface area (Å²) in [7, 11) is 0. The molecule has 0 bridgehead atoms. The molecular formula is C23H21NO2S. The molecule has 0 spiro atoms. The lowest BCUT2D eigenvalue weighted by Crippen LogP contribution is -2.22. The van der Waals surface area contributed by atoms with Gasteiger partial charge in [-0.2, -0.15) is 0 Å². The predicted octanol–water partition coefficient (Wildman–Crippen LogP) is 5.48. The molecule has 1 unspecified atom stereocenters. The van der Waals surface area contributed by atoms with E-state index >= 15 is 0 Å². The van der Waals surface area contributed by atoms with Crippen LogP contribution in [0.4, 0.5) is 5.69 Å². The summed E-state index contributed by atoms with van der Waals surface area (Å²) in [6.07, 6.45) is 1.05. The van der Waals surface area contributed by atoms with Gasteiger partial charge in [-0.05, 0) is 41.8 Å². The number of benzene rings is 3. The lowest BCUT2D eigenvalue weighted by Gasteiger charge is -2.25. The number of amides is 1. The summed E-state index contributed by atoms with van der Waals surface area (Å²) in [6, 6.07) is 26.3. The Kier molecular flexibility index (Phi) is 5.56. The third-order valence-corrected chi connectivity index (χ3v) is 5.68. The molecule has 1 atom stereocenters. The second kappa shape index (κ2) is 8.42. The Morgan fingerprint density at radius 2 is 1.70 bits per heavy atom. The van der Waals surface area contributed by atoms with Gasteiger partial charge in [0.25, 0.3) is 0 Å². The zero-order valence-electron chi connectivity index (χ0n) is 14.9. The molecule has 3 aromatic rings. The van der Waals surface area contributed by atoms with Crippen LogP contribution in [0, 0.1) is 0 Å². The number of hydrogen-bond acceptors (Lipinski definition) is 3. The molecule has 1 aliphatic heterocycles. The fraction of sp³-hybridized carbons (Fsp3) is 0.174. The third-order valence-electron chi connectivity index (χ3n) is 4.60. The summed E-state index contributed by atoms with van der Waals surface area (Å²) >= 11 is 1.64.